The molecule has 0 aliphatic heterocycles. The summed E-state index contributed by atoms with van der Waals surface area (Å²) in [4.78, 5) is 16.6. The van der Waals surface area contributed by atoms with Crippen LogP contribution in [0.25, 0.3) is 11.4 Å². The maximum atomic E-state index is 12.6. The van der Waals surface area contributed by atoms with E-state index < -0.39 is 10.8 Å². The third-order valence-corrected chi connectivity index (χ3v) is 5.47. The number of pyridine rings is 1. The first-order valence-electron chi connectivity index (χ1n) is 8.66. The first kappa shape index (κ1) is 20.6. The molecule has 8 heteroatoms. The van der Waals surface area contributed by atoms with E-state index in [1.54, 1.807) is 32.3 Å². The van der Waals surface area contributed by atoms with E-state index in [9.17, 15) is 10.1 Å². The second kappa shape index (κ2) is 8.82. The molecule has 7 nitrogen and oxygen atoms in total. The topological polar surface area (TPSA) is 96.5 Å². The Morgan fingerprint density at radius 2 is 2.07 bits per heavy atom. The van der Waals surface area contributed by atoms with Crippen molar-refractivity contribution in [2.45, 2.75) is 50.2 Å². The number of nitriles is 1. The minimum Gasteiger partial charge on any atom is -0.337 e. The van der Waals surface area contributed by atoms with E-state index in [1.165, 1.54) is 11.8 Å². The van der Waals surface area contributed by atoms with E-state index in [2.05, 4.69) is 33.1 Å². The SMILES string of the molecule is C=CCn1c(S[C@@H](C)C(=O)N[C@](C)(C#N)C(C)C)nnc1-c1ccncc1. The first-order valence-corrected chi connectivity index (χ1v) is 9.54. The summed E-state index contributed by atoms with van der Waals surface area (Å²) in [7, 11) is 0. The minimum atomic E-state index is -0.914. The maximum absolute atomic E-state index is 12.6. The summed E-state index contributed by atoms with van der Waals surface area (Å²) in [6.45, 7) is 11.6. The van der Waals surface area contributed by atoms with Gasteiger partial charge in [0, 0.05) is 24.5 Å². The number of allylic oxidation sites excluding steroid dienone is 1. The third-order valence-electron chi connectivity index (χ3n) is 4.39. The van der Waals surface area contributed by atoms with Crippen LogP contribution in [0.1, 0.15) is 27.7 Å². The van der Waals surface area contributed by atoms with Crippen LogP contribution in [-0.2, 0) is 11.3 Å². The molecule has 0 bridgehead atoms. The summed E-state index contributed by atoms with van der Waals surface area (Å²) in [6, 6.07) is 5.90. The van der Waals surface area contributed by atoms with Crippen molar-refractivity contribution in [2.75, 3.05) is 0 Å². The van der Waals surface area contributed by atoms with Crippen molar-refractivity contribution in [3.05, 3.63) is 37.2 Å². The lowest BCUT2D eigenvalue weighted by Gasteiger charge is -2.28. The zero-order valence-corrected chi connectivity index (χ0v) is 16.8. The number of hydrogen-bond donors (Lipinski definition) is 1. The van der Waals surface area contributed by atoms with Gasteiger partial charge in [-0.25, -0.2) is 0 Å². The molecule has 2 aromatic rings. The molecule has 2 atom stereocenters. The Balaban J connectivity index is 2.22. The summed E-state index contributed by atoms with van der Waals surface area (Å²) in [5.41, 5.74) is -0.0248. The minimum absolute atomic E-state index is 0.00800. The Bertz CT molecular complexity index is 842. The van der Waals surface area contributed by atoms with Crippen LogP contribution in [0.15, 0.2) is 42.3 Å². The van der Waals surface area contributed by atoms with Crippen LogP contribution < -0.4 is 5.32 Å². The Kier molecular flexibility index (Phi) is 6.75. The van der Waals surface area contributed by atoms with Crippen LogP contribution in [0, 0.1) is 17.2 Å². The molecular formula is C19H24N6OS. The van der Waals surface area contributed by atoms with Gasteiger partial charge in [0.25, 0.3) is 0 Å². The smallest absolute Gasteiger partial charge is 0.234 e. The Hall–Kier alpha value is -2.66. The molecule has 2 aromatic heterocycles. The summed E-state index contributed by atoms with van der Waals surface area (Å²) in [5.74, 6) is 0.471. The van der Waals surface area contributed by atoms with Gasteiger partial charge in [0.15, 0.2) is 11.0 Å². The maximum Gasteiger partial charge on any atom is 0.234 e. The quantitative estimate of drug-likeness (QED) is 0.555. The molecule has 2 rings (SSSR count). The highest BCUT2D eigenvalue weighted by Crippen LogP contribution is 2.27. The molecule has 0 saturated heterocycles. The predicted octanol–water partition coefficient (Wildman–Crippen LogP) is 3.06. The predicted molar refractivity (Wildman–Crippen MR) is 106 cm³/mol. The van der Waals surface area contributed by atoms with Gasteiger partial charge in [-0.2, -0.15) is 5.26 Å². The van der Waals surface area contributed by atoms with Gasteiger partial charge in [-0.05, 0) is 31.9 Å². The number of carbonyl (C=O) groups is 1. The van der Waals surface area contributed by atoms with E-state index in [4.69, 9.17) is 0 Å². The molecule has 2 heterocycles. The van der Waals surface area contributed by atoms with Gasteiger partial charge >= 0.3 is 0 Å². The number of carbonyl (C=O) groups excluding carboxylic acids is 1. The fraction of sp³-hybridized carbons (Fsp3) is 0.421. The number of nitrogens with one attached hydrogen (secondary N) is 1. The summed E-state index contributed by atoms with van der Waals surface area (Å²) in [5, 5.41) is 21.0. The second-order valence-electron chi connectivity index (χ2n) is 6.66. The highest BCUT2D eigenvalue weighted by Gasteiger charge is 2.32. The number of aromatic nitrogens is 4. The Labute approximate surface area is 163 Å². The van der Waals surface area contributed by atoms with Crippen molar-refractivity contribution >= 4 is 17.7 Å². The van der Waals surface area contributed by atoms with Gasteiger partial charge in [0.1, 0.15) is 5.54 Å². The van der Waals surface area contributed by atoms with Crippen LogP contribution in [0.4, 0.5) is 0 Å². The lowest BCUT2D eigenvalue weighted by molar-refractivity contribution is -0.121. The largest absolute Gasteiger partial charge is 0.337 e. The Morgan fingerprint density at radius 3 is 2.63 bits per heavy atom. The van der Waals surface area contributed by atoms with Crippen LogP contribution in [0.3, 0.4) is 0 Å². The summed E-state index contributed by atoms with van der Waals surface area (Å²) < 4.78 is 1.91. The molecule has 0 saturated carbocycles. The molecule has 0 fully saturated rings. The van der Waals surface area contributed by atoms with E-state index in [-0.39, 0.29) is 11.8 Å². The first-order chi connectivity index (χ1) is 12.8. The van der Waals surface area contributed by atoms with Crippen molar-refractivity contribution in [1.29, 1.82) is 5.26 Å². The molecule has 1 N–H and O–H groups in total. The average Bonchev–Trinajstić information content (AvgIpc) is 3.04. The van der Waals surface area contributed by atoms with Crippen LogP contribution >= 0.6 is 11.8 Å². The summed E-state index contributed by atoms with van der Waals surface area (Å²) in [6.07, 6.45) is 5.15. The molecule has 0 aromatic carbocycles. The van der Waals surface area contributed by atoms with Gasteiger partial charge in [0.2, 0.25) is 5.91 Å². The van der Waals surface area contributed by atoms with Gasteiger partial charge < -0.3 is 5.32 Å². The molecule has 0 unspecified atom stereocenters. The highest BCUT2D eigenvalue weighted by atomic mass is 32.2. The van der Waals surface area contributed by atoms with Gasteiger partial charge in [0.05, 0.1) is 11.3 Å². The lowest BCUT2D eigenvalue weighted by atomic mass is 9.90. The van der Waals surface area contributed by atoms with Gasteiger partial charge in [-0.3, -0.25) is 14.3 Å². The monoisotopic (exact) mass is 384 g/mol. The normalized spacial score (nSPS) is 14.2. The molecule has 0 aliphatic carbocycles. The highest BCUT2D eigenvalue weighted by molar-refractivity contribution is 8.00. The molecule has 27 heavy (non-hydrogen) atoms. The molecule has 0 spiro atoms. The fourth-order valence-corrected chi connectivity index (χ4v) is 3.11. The van der Waals surface area contributed by atoms with Crippen molar-refractivity contribution in [3.63, 3.8) is 0 Å². The average molecular weight is 385 g/mol. The zero-order valence-electron chi connectivity index (χ0n) is 16.0. The molecule has 0 radical (unpaired) electrons. The molecule has 0 aliphatic rings. The fourth-order valence-electron chi connectivity index (χ4n) is 2.25. The van der Waals surface area contributed by atoms with E-state index in [0.29, 0.717) is 17.5 Å². The van der Waals surface area contributed by atoms with Gasteiger partial charge in [-0.15, -0.1) is 16.8 Å². The number of rotatable bonds is 8. The standard InChI is InChI=1S/C19H24N6OS/c1-6-11-25-16(15-7-9-21-10-8-15)23-24-18(25)27-14(4)17(26)22-19(5,12-20)13(2)3/h6-10,13-14H,1,11H2,2-5H3,(H,22,26)/t14-,19+/m0/s1. The lowest BCUT2D eigenvalue weighted by Crippen LogP contribution is -2.51. The number of amides is 1. The third kappa shape index (κ3) is 4.74. The molecule has 142 valence electrons. The van der Waals surface area contributed by atoms with Crippen molar-refractivity contribution in [2.24, 2.45) is 5.92 Å². The zero-order chi connectivity index (χ0) is 20.0. The van der Waals surface area contributed by atoms with E-state index >= 15 is 0 Å². The van der Waals surface area contributed by atoms with Crippen molar-refractivity contribution in [1.82, 2.24) is 25.1 Å². The number of thioether (sulfide) groups is 1. The number of nitrogens with zero attached hydrogens (tertiary/aromatic N) is 5. The van der Waals surface area contributed by atoms with Crippen LogP contribution in [0.2, 0.25) is 0 Å². The van der Waals surface area contributed by atoms with Crippen LogP contribution in [-0.4, -0.2) is 36.4 Å². The molecular weight excluding hydrogens is 360 g/mol. The second-order valence-corrected chi connectivity index (χ2v) is 7.97. The van der Waals surface area contributed by atoms with E-state index in [0.717, 1.165) is 5.56 Å². The van der Waals surface area contributed by atoms with Crippen molar-refractivity contribution in [3.8, 4) is 17.5 Å². The van der Waals surface area contributed by atoms with Gasteiger partial charge in [-0.1, -0.05) is 31.7 Å². The number of hydrogen-bond acceptors (Lipinski definition) is 6. The molecule has 1 amide bonds. The van der Waals surface area contributed by atoms with Crippen LogP contribution in [0.5, 0.6) is 0 Å². The van der Waals surface area contributed by atoms with Crippen molar-refractivity contribution < 1.29 is 4.79 Å². The van der Waals surface area contributed by atoms with E-state index in [1.807, 2.05) is 30.5 Å². The summed E-state index contributed by atoms with van der Waals surface area (Å²) >= 11 is 1.30. The Morgan fingerprint density at radius 1 is 1.41 bits per heavy atom.